The maximum atomic E-state index is 13.0. The van der Waals surface area contributed by atoms with Gasteiger partial charge in [0, 0.05) is 11.7 Å². The monoisotopic (exact) mass is 426 g/mol. The fourth-order valence-corrected chi connectivity index (χ4v) is 5.54. The average molecular weight is 427 g/mol. The topological polar surface area (TPSA) is 75.3 Å². The highest BCUT2D eigenvalue weighted by atomic mass is 32.2. The van der Waals surface area contributed by atoms with Gasteiger partial charge in [-0.25, -0.2) is 8.42 Å². The summed E-state index contributed by atoms with van der Waals surface area (Å²) >= 11 is 0. The Bertz CT molecular complexity index is 1000. The third-order valence-electron chi connectivity index (χ3n) is 6.36. The summed E-state index contributed by atoms with van der Waals surface area (Å²) < 4.78 is 27.9. The minimum atomic E-state index is -3.64. The number of amides is 1. The van der Waals surface area contributed by atoms with Crippen LogP contribution in [0.15, 0.2) is 53.4 Å². The van der Waals surface area contributed by atoms with E-state index < -0.39 is 15.4 Å². The number of anilines is 1. The quantitative estimate of drug-likeness (QED) is 0.659. The Kier molecular flexibility index (Phi) is 5.87. The van der Waals surface area contributed by atoms with Gasteiger partial charge in [0.05, 0.1) is 10.3 Å². The van der Waals surface area contributed by atoms with E-state index in [2.05, 4.69) is 10.0 Å². The van der Waals surface area contributed by atoms with Gasteiger partial charge in [-0.3, -0.25) is 9.52 Å². The molecular formula is C24H30N2O3S. The molecule has 160 valence electrons. The molecule has 2 aliphatic rings. The third kappa shape index (κ3) is 4.53. The summed E-state index contributed by atoms with van der Waals surface area (Å²) in [7, 11) is -3.64. The molecule has 2 N–H and O–H groups in total. The lowest BCUT2D eigenvalue weighted by Crippen LogP contribution is -2.41. The van der Waals surface area contributed by atoms with E-state index in [9.17, 15) is 13.2 Å². The molecule has 0 atom stereocenters. The Morgan fingerprint density at radius 2 is 1.63 bits per heavy atom. The Morgan fingerprint density at radius 3 is 2.23 bits per heavy atom. The van der Waals surface area contributed by atoms with Crippen molar-refractivity contribution in [3.05, 3.63) is 59.7 Å². The van der Waals surface area contributed by atoms with Crippen LogP contribution in [-0.4, -0.2) is 20.4 Å². The molecule has 2 aliphatic carbocycles. The lowest BCUT2D eigenvalue weighted by molar-refractivity contribution is -0.124. The molecule has 2 aromatic rings. The Balaban J connectivity index is 1.44. The van der Waals surface area contributed by atoms with Crippen molar-refractivity contribution in [3.8, 4) is 0 Å². The molecule has 2 fully saturated rings. The van der Waals surface area contributed by atoms with Gasteiger partial charge in [-0.05, 0) is 68.0 Å². The molecule has 0 aliphatic heterocycles. The van der Waals surface area contributed by atoms with Crippen LogP contribution < -0.4 is 10.0 Å². The molecule has 0 saturated heterocycles. The number of carbonyl (C=O) groups excluding carboxylic acids is 1. The SMILES string of the molecule is Cc1cccc(S(=O)(=O)Nc2ccc(C3(C(=O)NC4CCCCCC4)CC3)cc2)c1. The molecule has 0 spiro atoms. The largest absolute Gasteiger partial charge is 0.353 e. The molecule has 1 amide bonds. The molecule has 0 aromatic heterocycles. The van der Waals surface area contributed by atoms with Gasteiger partial charge in [-0.2, -0.15) is 0 Å². The van der Waals surface area contributed by atoms with Crippen LogP contribution in [0.25, 0.3) is 0 Å². The summed E-state index contributed by atoms with van der Waals surface area (Å²) in [5.74, 6) is 0.127. The number of benzene rings is 2. The van der Waals surface area contributed by atoms with Gasteiger partial charge in [0.1, 0.15) is 0 Å². The van der Waals surface area contributed by atoms with Crippen LogP contribution >= 0.6 is 0 Å². The van der Waals surface area contributed by atoms with Gasteiger partial charge in [0.2, 0.25) is 5.91 Å². The number of aryl methyl sites for hydroxylation is 1. The molecule has 0 unspecified atom stereocenters. The first-order valence-electron chi connectivity index (χ1n) is 10.9. The van der Waals surface area contributed by atoms with Crippen molar-refractivity contribution < 1.29 is 13.2 Å². The van der Waals surface area contributed by atoms with Gasteiger partial charge in [0.25, 0.3) is 10.0 Å². The number of hydrogen-bond donors (Lipinski definition) is 2. The first-order valence-corrected chi connectivity index (χ1v) is 12.4. The lowest BCUT2D eigenvalue weighted by Gasteiger charge is -2.22. The summed E-state index contributed by atoms with van der Waals surface area (Å²) in [6.45, 7) is 1.86. The highest BCUT2D eigenvalue weighted by Gasteiger charge is 2.51. The van der Waals surface area contributed by atoms with Gasteiger partial charge < -0.3 is 5.32 Å². The fraction of sp³-hybridized carbons (Fsp3) is 0.458. The zero-order valence-electron chi connectivity index (χ0n) is 17.5. The van der Waals surface area contributed by atoms with E-state index in [1.165, 1.54) is 25.7 Å². The van der Waals surface area contributed by atoms with E-state index in [4.69, 9.17) is 0 Å². The summed E-state index contributed by atoms with van der Waals surface area (Å²) in [6.07, 6.45) is 8.74. The molecule has 4 rings (SSSR count). The second-order valence-electron chi connectivity index (χ2n) is 8.74. The first-order chi connectivity index (χ1) is 14.4. The Labute approximate surface area is 179 Å². The number of hydrogen-bond acceptors (Lipinski definition) is 3. The van der Waals surface area contributed by atoms with E-state index in [-0.39, 0.29) is 16.8 Å². The molecule has 2 saturated carbocycles. The second kappa shape index (κ2) is 8.42. The van der Waals surface area contributed by atoms with Gasteiger partial charge in [-0.1, -0.05) is 49.9 Å². The predicted molar refractivity (Wildman–Crippen MR) is 119 cm³/mol. The Hall–Kier alpha value is -2.34. The second-order valence-corrected chi connectivity index (χ2v) is 10.4. The minimum Gasteiger partial charge on any atom is -0.353 e. The smallest absolute Gasteiger partial charge is 0.261 e. The Morgan fingerprint density at radius 1 is 0.967 bits per heavy atom. The standard InChI is InChI=1S/C24H30N2O3S/c1-18-7-6-10-22(17-18)30(28,29)26-21-13-11-19(12-14-21)24(15-16-24)23(27)25-20-8-4-2-3-5-9-20/h6-7,10-14,17,20,26H,2-5,8-9,15-16H2,1H3,(H,25,27). The first kappa shape index (κ1) is 20.9. The highest BCUT2D eigenvalue weighted by Crippen LogP contribution is 2.48. The highest BCUT2D eigenvalue weighted by molar-refractivity contribution is 7.92. The van der Waals surface area contributed by atoms with Crippen LogP contribution in [0.5, 0.6) is 0 Å². The van der Waals surface area contributed by atoms with Crippen molar-refractivity contribution in [1.82, 2.24) is 5.32 Å². The van der Waals surface area contributed by atoms with E-state index in [0.29, 0.717) is 5.69 Å². The maximum absolute atomic E-state index is 13.0. The molecular weight excluding hydrogens is 396 g/mol. The molecule has 0 radical (unpaired) electrons. The fourth-order valence-electron chi connectivity index (χ4n) is 4.37. The number of sulfonamides is 1. The van der Waals surface area contributed by atoms with Crippen molar-refractivity contribution >= 4 is 21.6 Å². The molecule has 5 nitrogen and oxygen atoms in total. The summed E-state index contributed by atoms with van der Waals surface area (Å²) in [4.78, 5) is 13.3. The minimum absolute atomic E-state index is 0.127. The van der Waals surface area contributed by atoms with Crippen LogP contribution in [0.1, 0.15) is 62.5 Å². The van der Waals surface area contributed by atoms with Crippen LogP contribution in [0.2, 0.25) is 0 Å². The van der Waals surface area contributed by atoms with Crippen molar-refractivity contribution in [2.24, 2.45) is 0 Å². The summed E-state index contributed by atoms with van der Waals surface area (Å²) in [5, 5.41) is 3.29. The molecule has 2 aromatic carbocycles. The number of carbonyl (C=O) groups is 1. The van der Waals surface area contributed by atoms with E-state index in [0.717, 1.165) is 36.8 Å². The molecule has 0 heterocycles. The maximum Gasteiger partial charge on any atom is 0.261 e. The van der Waals surface area contributed by atoms with Crippen molar-refractivity contribution in [1.29, 1.82) is 0 Å². The normalized spacial score (nSPS) is 19.0. The van der Waals surface area contributed by atoms with Gasteiger partial charge >= 0.3 is 0 Å². The van der Waals surface area contributed by atoms with Crippen LogP contribution in [0, 0.1) is 6.92 Å². The molecule has 6 heteroatoms. The van der Waals surface area contributed by atoms with Crippen LogP contribution in [0.3, 0.4) is 0 Å². The average Bonchev–Trinajstić information content (AvgIpc) is 3.54. The third-order valence-corrected chi connectivity index (χ3v) is 7.74. The van der Waals surface area contributed by atoms with Crippen LogP contribution in [0.4, 0.5) is 5.69 Å². The van der Waals surface area contributed by atoms with Crippen molar-refractivity contribution in [2.45, 2.75) is 74.6 Å². The van der Waals surface area contributed by atoms with E-state index >= 15 is 0 Å². The zero-order chi connectivity index (χ0) is 21.2. The lowest BCUT2D eigenvalue weighted by atomic mass is 9.94. The number of nitrogens with one attached hydrogen (secondary N) is 2. The van der Waals surface area contributed by atoms with E-state index in [1.807, 2.05) is 25.1 Å². The zero-order valence-corrected chi connectivity index (χ0v) is 18.3. The van der Waals surface area contributed by atoms with Crippen molar-refractivity contribution in [3.63, 3.8) is 0 Å². The number of rotatable bonds is 6. The van der Waals surface area contributed by atoms with Crippen molar-refractivity contribution in [2.75, 3.05) is 4.72 Å². The molecule has 30 heavy (non-hydrogen) atoms. The van der Waals surface area contributed by atoms with Gasteiger partial charge in [0.15, 0.2) is 0 Å². The predicted octanol–water partition coefficient (Wildman–Crippen LogP) is 4.67. The summed E-state index contributed by atoms with van der Waals surface area (Å²) in [5.41, 5.74) is 1.91. The summed E-state index contributed by atoms with van der Waals surface area (Å²) in [6, 6.07) is 14.4. The molecule has 0 bridgehead atoms. The van der Waals surface area contributed by atoms with E-state index in [1.54, 1.807) is 30.3 Å². The van der Waals surface area contributed by atoms with Crippen LogP contribution in [-0.2, 0) is 20.2 Å². The van der Waals surface area contributed by atoms with Gasteiger partial charge in [-0.15, -0.1) is 0 Å².